The monoisotopic (exact) mass is 162 g/mol. The minimum absolute atomic E-state index is 1.09. The Balaban J connectivity index is 2.31. The van der Waals surface area contributed by atoms with Crippen molar-refractivity contribution >= 4 is 0 Å². The van der Waals surface area contributed by atoms with Gasteiger partial charge in [-0.1, -0.05) is 42.9 Å². The average Bonchev–Trinajstić information content (AvgIpc) is 2.05. The minimum Gasteiger partial charge on any atom is -0.0882 e. The van der Waals surface area contributed by atoms with E-state index in [2.05, 4.69) is 36.5 Å². The minimum atomic E-state index is 1.09. The first-order chi connectivity index (χ1) is 6.00. The van der Waals surface area contributed by atoms with Crippen LogP contribution in [0.4, 0.5) is 0 Å². The molecule has 12 heavy (non-hydrogen) atoms. The summed E-state index contributed by atoms with van der Waals surface area (Å²) in [5, 5.41) is 0. The highest BCUT2D eigenvalue weighted by Crippen LogP contribution is 2.05. The maximum absolute atomic E-state index is 2.30. The van der Waals surface area contributed by atoms with E-state index >= 15 is 0 Å². The van der Waals surface area contributed by atoms with Crippen molar-refractivity contribution in [1.82, 2.24) is 0 Å². The molecule has 0 nitrogen and oxygen atoms in total. The van der Waals surface area contributed by atoms with Crippen molar-refractivity contribution in [2.24, 2.45) is 0 Å². The predicted octanol–water partition coefficient (Wildman–Crippen LogP) is 4.01. The van der Waals surface area contributed by atoms with E-state index in [0.29, 0.717) is 0 Å². The predicted molar refractivity (Wildman–Crippen MR) is 55.1 cm³/mol. The van der Waals surface area contributed by atoms with Gasteiger partial charge in [0.15, 0.2) is 0 Å². The van der Waals surface area contributed by atoms with Crippen molar-refractivity contribution in [2.45, 2.75) is 38.5 Å². The van der Waals surface area contributed by atoms with Crippen LogP contribution in [0.15, 0.2) is 36.5 Å². The molecule has 0 aromatic rings. The molecular weight excluding hydrogens is 144 g/mol. The summed E-state index contributed by atoms with van der Waals surface area (Å²) in [4.78, 5) is 0. The van der Waals surface area contributed by atoms with Crippen LogP contribution in [0.1, 0.15) is 38.5 Å². The van der Waals surface area contributed by atoms with E-state index in [1.54, 1.807) is 0 Å². The van der Waals surface area contributed by atoms with Crippen LogP contribution in [-0.2, 0) is 0 Å². The summed E-state index contributed by atoms with van der Waals surface area (Å²) in [5.41, 5.74) is 0. The number of hydrogen-bond donors (Lipinski definition) is 0. The van der Waals surface area contributed by atoms with Crippen molar-refractivity contribution in [2.75, 3.05) is 0 Å². The third-order valence-electron chi connectivity index (χ3n) is 2.06. The molecule has 0 radical (unpaired) electrons. The first kappa shape index (κ1) is 9.31. The van der Waals surface area contributed by atoms with Gasteiger partial charge in [-0.15, -0.1) is 0 Å². The summed E-state index contributed by atoms with van der Waals surface area (Å²) in [7, 11) is 0. The number of rotatable bonds is 0. The van der Waals surface area contributed by atoms with Crippen LogP contribution in [-0.4, -0.2) is 0 Å². The molecule has 0 amide bonds. The van der Waals surface area contributed by atoms with Gasteiger partial charge in [0.25, 0.3) is 0 Å². The van der Waals surface area contributed by atoms with Crippen LogP contribution in [0.25, 0.3) is 0 Å². The van der Waals surface area contributed by atoms with E-state index in [0.717, 1.165) is 6.42 Å². The summed E-state index contributed by atoms with van der Waals surface area (Å²) in [6, 6.07) is 0. The molecular formula is C12H18. The fourth-order valence-corrected chi connectivity index (χ4v) is 1.33. The van der Waals surface area contributed by atoms with E-state index in [9.17, 15) is 0 Å². The molecule has 0 aromatic carbocycles. The van der Waals surface area contributed by atoms with Crippen LogP contribution < -0.4 is 0 Å². The molecule has 0 saturated heterocycles. The Labute approximate surface area is 75.7 Å². The molecule has 0 fully saturated rings. The van der Waals surface area contributed by atoms with Gasteiger partial charge in [0.05, 0.1) is 0 Å². The zero-order chi connectivity index (χ0) is 8.49. The lowest BCUT2D eigenvalue weighted by Gasteiger charge is -1.95. The highest BCUT2D eigenvalue weighted by molar-refractivity contribution is 5.05. The Hall–Kier alpha value is -0.780. The molecule has 0 aromatic heterocycles. The molecule has 0 bridgehead atoms. The summed E-state index contributed by atoms with van der Waals surface area (Å²) in [5.74, 6) is 0. The topological polar surface area (TPSA) is 0 Å². The molecule has 0 saturated carbocycles. The largest absolute Gasteiger partial charge is 0.0882 e. The lowest BCUT2D eigenvalue weighted by Crippen LogP contribution is -1.75. The highest BCUT2D eigenvalue weighted by atomic mass is 13.9. The van der Waals surface area contributed by atoms with Crippen molar-refractivity contribution in [3.63, 3.8) is 0 Å². The van der Waals surface area contributed by atoms with Crippen molar-refractivity contribution < 1.29 is 0 Å². The van der Waals surface area contributed by atoms with Gasteiger partial charge in [0.2, 0.25) is 0 Å². The summed E-state index contributed by atoms with van der Waals surface area (Å²) < 4.78 is 0. The Morgan fingerprint density at radius 3 is 2.25 bits per heavy atom. The highest BCUT2D eigenvalue weighted by Gasteiger charge is 1.85. The fourth-order valence-electron chi connectivity index (χ4n) is 1.33. The van der Waals surface area contributed by atoms with E-state index in [4.69, 9.17) is 0 Å². The summed E-state index contributed by atoms with van der Waals surface area (Å²) in [6.45, 7) is 0. The van der Waals surface area contributed by atoms with Gasteiger partial charge in [-0.2, -0.15) is 0 Å². The number of allylic oxidation sites excluding steroid dienone is 6. The third kappa shape index (κ3) is 4.95. The van der Waals surface area contributed by atoms with Crippen molar-refractivity contribution in [1.29, 1.82) is 0 Å². The fraction of sp³-hybridized carbons (Fsp3) is 0.500. The Morgan fingerprint density at radius 1 is 0.583 bits per heavy atom. The molecule has 1 aliphatic rings. The third-order valence-corrected chi connectivity index (χ3v) is 2.06. The molecule has 66 valence electrons. The average molecular weight is 162 g/mol. The van der Waals surface area contributed by atoms with Gasteiger partial charge in [0.1, 0.15) is 0 Å². The van der Waals surface area contributed by atoms with E-state index in [1.807, 2.05) is 0 Å². The van der Waals surface area contributed by atoms with Crippen LogP contribution >= 0.6 is 0 Å². The number of hydrogen-bond acceptors (Lipinski definition) is 0. The maximum atomic E-state index is 2.30. The van der Waals surface area contributed by atoms with Crippen LogP contribution in [0, 0.1) is 0 Å². The molecule has 0 atom stereocenters. The second kappa shape index (κ2) is 6.90. The Morgan fingerprint density at radius 2 is 1.33 bits per heavy atom. The normalized spacial score (nSPS) is 25.3. The molecule has 0 aliphatic heterocycles. The van der Waals surface area contributed by atoms with Gasteiger partial charge in [-0.05, 0) is 32.1 Å². The van der Waals surface area contributed by atoms with Crippen LogP contribution in [0.5, 0.6) is 0 Å². The lowest BCUT2D eigenvalue weighted by molar-refractivity contribution is 0.695. The van der Waals surface area contributed by atoms with E-state index in [-0.39, 0.29) is 0 Å². The smallest absolute Gasteiger partial charge is 0.0166 e. The standard InChI is InChI=1S/C12H18/c1-2-4-6-8-10-12-11-9-7-5-3-1/h1-4,7,9H,5-6,8,10-12H2/b3-1?,4-2+,9-7+. The maximum Gasteiger partial charge on any atom is -0.0166 e. The summed E-state index contributed by atoms with van der Waals surface area (Å²) in [6.07, 6.45) is 21.0. The lowest BCUT2D eigenvalue weighted by atomic mass is 10.1. The summed E-state index contributed by atoms with van der Waals surface area (Å²) >= 11 is 0. The van der Waals surface area contributed by atoms with E-state index in [1.165, 1.54) is 32.1 Å². The van der Waals surface area contributed by atoms with Gasteiger partial charge in [-0.3, -0.25) is 0 Å². The second-order valence-electron chi connectivity index (χ2n) is 3.20. The SMILES string of the molecule is C1=CC/C=C/CCCCC/C=C/1. The Kier molecular flexibility index (Phi) is 5.35. The van der Waals surface area contributed by atoms with Crippen LogP contribution in [0.2, 0.25) is 0 Å². The molecule has 0 N–H and O–H groups in total. The molecule has 0 heterocycles. The van der Waals surface area contributed by atoms with Gasteiger partial charge in [0, 0.05) is 0 Å². The van der Waals surface area contributed by atoms with E-state index < -0.39 is 0 Å². The quantitative estimate of drug-likeness (QED) is 0.472. The van der Waals surface area contributed by atoms with Crippen LogP contribution in [0.3, 0.4) is 0 Å². The van der Waals surface area contributed by atoms with Gasteiger partial charge < -0.3 is 0 Å². The first-order valence-corrected chi connectivity index (χ1v) is 4.97. The molecule has 0 unspecified atom stereocenters. The first-order valence-electron chi connectivity index (χ1n) is 4.97. The molecule has 1 aliphatic carbocycles. The van der Waals surface area contributed by atoms with Crippen molar-refractivity contribution in [3.05, 3.63) is 36.5 Å². The zero-order valence-corrected chi connectivity index (χ0v) is 7.71. The second-order valence-corrected chi connectivity index (χ2v) is 3.20. The van der Waals surface area contributed by atoms with Crippen molar-refractivity contribution in [3.8, 4) is 0 Å². The molecule has 1 rings (SSSR count). The molecule has 0 heteroatoms. The molecule has 0 spiro atoms. The Bertz CT molecular complexity index is 172. The zero-order valence-electron chi connectivity index (χ0n) is 7.71. The van der Waals surface area contributed by atoms with Gasteiger partial charge >= 0.3 is 0 Å². The van der Waals surface area contributed by atoms with Gasteiger partial charge in [-0.25, -0.2) is 0 Å².